The number of fused-ring (bicyclic) bond motifs is 5. The molecule has 0 saturated carbocycles. The highest BCUT2D eigenvalue weighted by Crippen LogP contribution is 2.46. The van der Waals surface area contributed by atoms with Crippen LogP contribution in [-0.4, -0.2) is 0 Å². The van der Waals surface area contributed by atoms with Gasteiger partial charge in [-0.3, -0.25) is 10.6 Å². The second-order valence-electron chi connectivity index (χ2n) is 16.7. The van der Waals surface area contributed by atoms with Crippen LogP contribution in [0.2, 0.25) is 0 Å². The van der Waals surface area contributed by atoms with Crippen LogP contribution in [0.5, 0.6) is 0 Å². The predicted molar refractivity (Wildman–Crippen MR) is 271 cm³/mol. The van der Waals surface area contributed by atoms with Gasteiger partial charge in [-0.05, 0) is 110 Å². The first-order chi connectivity index (χ1) is 31.7. The zero-order valence-corrected chi connectivity index (χ0v) is 35.5. The molecule has 0 heterocycles. The van der Waals surface area contributed by atoms with Gasteiger partial charge >= 0.3 is 0 Å². The summed E-state index contributed by atoms with van der Waals surface area (Å²) in [6, 6.07) is 85.2. The molecule has 0 saturated heterocycles. The van der Waals surface area contributed by atoms with Crippen molar-refractivity contribution in [3.8, 4) is 44.5 Å². The van der Waals surface area contributed by atoms with Gasteiger partial charge in [0, 0.05) is 6.54 Å². The Morgan fingerprint density at radius 3 is 1.67 bits per heavy atom. The highest BCUT2D eigenvalue weighted by atomic mass is 15.2. The fraction of sp³-hybridized carbons (Fsp3) is 0.0492. The van der Waals surface area contributed by atoms with Gasteiger partial charge in [0.25, 0.3) is 0 Å². The molecule has 2 atom stereocenters. The van der Waals surface area contributed by atoms with Gasteiger partial charge in [-0.1, -0.05) is 231 Å². The molecule has 64 heavy (non-hydrogen) atoms. The summed E-state index contributed by atoms with van der Waals surface area (Å²) in [7, 11) is 0. The third-order valence-electron chi connectivity index (χ3n) is 12.8. The van der Waals surface area contributed by atoms with Gasteiger partial charge in [0.2, 0.25) is 0 Å². The van der Waals surface area contributed by atoms with Crippen LogP contribution in [0.4, 0.5) is 0 Å². The third-order valence-corrected chi connectivity index (χ3v) is 12.8. The molecule has 0 fully saturated rings. The van der Waals surface area contributed by atoms with E-state index in [0.717, 1.165) is 22.3 Å². The van der Waals surface area contributed by atoms with Gasteiger partial charge in [-0.2, -0.15) is 0 Å². The van der Waals surface area contributed by atoms with Crippen molar-refractivity contribution in [1.29, 1.82) is 0 Å². The molecule has 0 aliphatic rings. The molecule has 0 aliphatic carbocycles. The van der Waals surface area contributed by atoms with Gasteiger partial charge in [-0.15, -0.1) is 0 Å². The van der Waals surface area contributed by atoms with Gasteiger partial charge in [0.1, 0.15) is 0 Å². The molecule has 0 amide bonds. The Morgan fingerprint density at radius 2 is 0.922 bits per heavy atom. The molecule has 0 aromatic heterocycles. The van der Waals surface area contributed by atoms with E-state index in [1.165, 1.54) is 82.0 Å². The summed E-state index contributed by atoms with van der Waals surface area (Å²) in [6.45, 7) is 0.637. The number of benzene rings is 11. The van der Waals surface area contributed by atoms with Crippen molar-refractivity contribution in [2.75, 3.05) is 0 Å². The van der Waals surface area contributed by atoms with Crippen LogP contribution in [0.1, 0.15) is 29.0 Å². The van der Waals surface area contributed by atoms with E-state index < -0.39 is 6.17 Å². The maximum Gasteiger partial charge on any atom is 0.0852 e. The molecule has 0 spiro atoms. The molecule has 4 N–H and O–H groups in total. The first-order valence-corrected chi connectivity index (χ1v) is 22.2. The normalized spacial score (nSPS) is 12.5. The molecule has 11 aromatic rings. The fourth-order valence-electron chi connectivity index (χ4n) is 9.60. The highest BCUT2D eigenvalue weighted by Gasteiger charge is 2.21. The zero-order chi connectivity index (χ0) is 42.8. The summed E-state index contributed by atoms with van der Waals surface area (Å²) in [4.78, 5) is 0. The second kappa shape index (κ2) is 17.2. The lowest BCUT2D eigenvalue weighted by Gasteiger charge is -2.27. The first kappa shape index (κ1) is 39.2. The van der Waals surface area contributed by atoms with Crippen molar-refractivity contribution in [2.45, 2.75) is 18.9 Å². The van der Waals surface area contributed by atoms with Crippen LogP contribution in [0, 0.1) is 0 Å². The van der Waals surface area contributed by atoms with E-state index in [4.69, 9.17) is 5.73 Å². The highest BCUT2D eigenvalue weighted by molar-refractivity contribution is 6.28. The molecule has 11 aromatic carbocycles. The van der Waals surface area contributed by atoms with E-state index in [1.54, 1.807) is 0 Å². The maximum absolute atomic E-state index is 7.09. The first-order valence-electron chi connectivity index (χ1n) is 22.2. The molecule has 0 bridgehead atoms. The molecule has 11 rings (SSSR count). The Labute approximate surface area is 374 Å². The number of hydrogen-bond donors (Lipinski definition) is 3. The second-order valence-corrected chi connectivity index (χ2v) is 16.7. The minimum atomic E-state index is -0.430. The Morgan fingerprint density at radius 1 is 0.375 bits per heavy atom. The minimum Gasteiger partial charge on any atom is -0.312 e. The summed E-state index contributed by atoms with van der Waals surface area (Å²) in [5, 5.41) is 17.6. The Kier molecular flexibility index (Phi) is 10.6. The van der Waals surface area contributed by atoms with Crippen molar-refractivity contribution in [1.82, 2.24) is 10.6 Å². The van der Waals surface area contributed by atoms with Crippen LogP contribution in [0.25, 0.3) is 87.6 Å². The molecule has 2 unspecified atom stereocenters. The Bertz CT molecular complexity index is 3410. The molecule has 3 heteroatoms. The number of hydrogen-bond acceptors (Lipinski definition) is 3. The van der Waals surface area contributed by atoms with Crippen molar-refractivity contribution in [3.63, 3.8) is 0 Å². The number of nitrogens with one attached hydrogen (secondary N) is 2. The predicted octanol–water partition coefficient (Wildman–Crippen LogP) is 15.0. The van der Waals surface area contributed by atoms with Gasteiger partial charge in [0.15, 0.2) is 0 Å². The smallest absolute Gasteiger partial charge is 0.0852 e. The maximum atomic E-state index is 7.09. The van der Waals surface area contributed by atoms with E-state index in [9.17, 15) is 0 Å². The summed E-state index contributed by atoms with van der Waals surface area (Å²) in [5.41, 5.74) is 20.0. The third kappa shape index (κ3) is 7.52. The lowest BCUT2D eigenvalue weighted by molar-refractivity contribution is 0.386. The zero-order valence-electron chi connectivity index (χ0n) is 35.5. The van der Waals surface area contributed by atoms with Crippen LogP contribution in [-0.2, 0) is 6.54 Å². The van der Waals surface area contributed by atoms with Crippen molar-refractivity contribution in [3.05, 3.63) is 253 Å². The van der Waals surface area contributed by atoms with E-state index in [2.05, 4.69) is 241 Å². The average Bonchev–Trinajstić information content (AvgIpc) is 3.37. The molecule has 0 aliphatic heterocycles. The molecular formula is C61H47N3. The molecule has 306 valence electrons. The van der Waals surface area contributed by atoms with Crippen LogP contribution in [0.15, 0.2) is 237 Å². The van der Waals surface area contributed by atoms with Crippen LogP contribution in [0.3, 0.4) is 0 Å². The summed E-state index contributed by atoms with van der Waals surface area (Å²) in [6.07, 6.45) is -0.660. The standard InChI is InChI=1S/C61H47N3/c62-60(55-26-14-11-22-51(55)45-18-5-2-6-19-45)64-61(48-34-31-44(32-35-48)42-15-3-1-4-16-42)63-40-41-27-29-47(30-28-41)57-53-24-12-13-25-54(53)58(50-36-33-43-17-7-8-21-49(43)39-50)59-52-23-10-9-20-46(52)37-38-56(57)59/h1-39,60-61,63-64H,40,62H2. The fourth-order valence-corrected chi connectivity index (χ4v) is 9.60. The Hall–Kier alpha value is -7.66. The van der Waals surface area contributed by atoms with Gasteiger partial charge in [-0.25, -0.2) is 0 Å². The van der Waals surface area contributed by atoms with E-state index in [-0.39, 0.29) is 6.17 Å². The molecule has 0 radical (unpaired) electrons. The lowest BCUT2D eigenvalue weighted by atomic mass is 9.83. The lowest BCUT2D eigenvalue weighted by Crippen LogP contribution is -2.40. The number of rotatable bonds is 11. The average molecular weight is 822 g/mol. The van der Waals surface area contributed by atoms with Crippen molar-refractivity contribution in [2.24, 2.45) is 5.73 Å². The summed E-state index contributed by atoms with van der Waals surface area (Å²) >= 11 is 0. The van der Waals surface area contributed by atoms with Crippen molar-refractivity contribution < 1.29 is 0 Å². The van der Waals surface area contributed by atoms with Crippen LogP contribution < -0.4 is 16.4 Å². The molecule has 3 nitrogen and oxygen atoms in total. The monoisotopic (exact) mass is 821 g/mol. The van der Waals surface area contributed by atoms with E-state index in [1.807, 2.05) is 6.07 Å². The largest absolute Gasteiger partial charge is 0.312 e. The Balaban J connectivity index is 0.954. The van der Waals surface area contributed by atoms with Crippen molar-refractivity contribution >= 4 is 43.1 Å². The summed E-state index contributed by atoms with van der Waals surface area (Å²) < 4.78 is 0. The quantitative estimate of drug-likeness (QED) is 0.0692. The van der Waals surface area contributed by atoms with E-state index >= 15 is 0 Å². The van der Waals surface area contributed by atoms with Gasteiger partial charge < -0.3 is 5.73 Å². The number of nitrogens with two attached hydrogens (primary N) is 1. The summed E-state index contributed by atoms with van der Waals surface area (Å²) in [5.74, 6) is 0. The SMILES string of the molecule is NC(NC(NCc1ccc(-c2c3ccccc3c(-c3ccc4ccccc4c3)c3c2ccc2ccccc23)cc1)c1ccc(-c2ccccc2)cc1)c1ccccc1-c1ccccc1. The van der Waals surface area contributed by atoms with Gasteiger partial charge in [0.05, 0.1) is 12.3 Å². The minimum absolute atomic E-state index is 0.229. The molecular weight excluding hydrogens is 775 g/mol. The topological polar surface area (TPSA) is 50.1 Å². The van der Waals surface area contributed by atoms with Crippen LogP contribution >= 0.6 is 0 Å². The van der Waals surface area contributed by atoms with E-state index in [0.29, 0.717) is 6.54 Å².